The van der Waals surface area contributed by atoms with Gasteiger partial charge in [0.25, 0.3) is 15.9 Å². The Kier molecular flexibility index (Phi) is 7.18. The van der Waals surface area contributed by atoms with Crippen LogP contribution in [0.15, 0.2) is 56.4 Å². The van der Waals surface area contributed by atoms with Crippen molar-refractivity contribution in [2.75, 3.05) is 16.6 Å². The molecule has 2 N–H and O–H groups in total. The average molecular weight is 536 g/mol. The maximum atomic E-state index is 12.6. The number of anilines is 2. The first-order valence-electron chi connectivity index (χ1n) is 10.2. The number of sulfonamides is 1. The molecular weight excluding hydrogens is 510 g/mol. The summed E-state index contributed by atoms with van der Waals surface area (Å²) in [5.41, 5.74) is 2.48. The monoisotopic (exact) mass is 535 g/mol. The van der Waals surface area contributed by atoms with Gasteiger partial charge in [-0.3, -0.25) is 4.79 Å². The lowest BCUT2D eigenvalue weighted by Gasteiger charge is -2.23. The summed E-state index contributed by atoms with van der Waals surface area (Å²) in [4.78, 5) is 12.4. The molecule has 3 rings (SSSR count). The molecule has 176 valence electrons. The van der Waals surface area contributed by atoms with Gasteiger partial charge in [0.1, 0.15) is 5.75 Å². The lowest BCUT2D eigenvalue weighted by Crippen LogP contribution is -2.22. The highest BCUT2D eigenvalue weighted by molar-refractivity contribution is 9.10. The van der Waals surface area contributed by atoms with Crippen molar-refractivity contribution in [2.45, 2.75) is 44.9 Å². The van der Waals surface area contributed by atoms with E-state index in [-0.39, 0.29) is 28.7 Å². The van der Waals surface area contributed by atoms with Crippen molar-refractivity contribution in [1.82, 2.24) is 5.16 Å². The van der Waals surface area contributed by atoms with Crippen molar-refractivity contribution >= 4 is 43.4 Å². The third-order valence-corrected chi connectivity index (χ3v) is 6.78. The fourth-order valence-corrected chi connectivity index (χ4v) is 4.37. The highest BCUT2D eigenvalue weighted by Crippen LogP contribution is 2.33. The molecule has 0 aliphatic heterocycles. The molecule has 0 saturated carbocycles. The van der Waals surface area contributed by atoms with Crippen molar-refractivity contribution < 1.29 is 22.5 Å². The molecule has 0 saturated heterocycles. The quantitative estimate of drug-likeness (QED) is 0.431. The zero-order valence-electron chi connectivity index (χ0n) is 19.0. The van der Waals surface area contributed by atoms with Crippen molar-refractivity contribution in [3.63, 3.8) is 0 Å². The molecule has 0 atom stereocenters. The fourth-order valence-electron chi connectivity index (χ4n) is 2.96. The molecular formula is C23H26BrN3O5S. The topological polar surface area (TPSA) is 111 Å². The Morgan fingerprint density at radius 1 is 1.12 bits per heavy atom. The van der Waals surface area contributed by atoms with Crippen molar-refractivity contribution in [3.05, 3.63) is 63.8 Å². The largest absolute Gasteiger partial charge is 0.483 e. The summed E-state index contributed by atoms with van der Waals surface area (Å²) >= 11 is 3.47. The number of hydrogen-bond donors (Lipinski definition) is 2. The first-order chi connectivity index (χ1) is 15.4. The number of carbonyl (C=O) groups is 1. The molecule has 1 amide bonds. The second-order valence-electron chi connectivity index (χ2n) is 8.58. The molecule has 8 nitrogen and oxygen atoms in total. The minimum absolute atomic E-state index is 0.0230. The number of carbonyl (C=O) groups excluding carboxylic acids is 1. The second-order valence-corrected chi connectivity index (χ2v) is 11.2. The van der Waals surface area contributed by atoms with E-state index in [1.54, 1.807) is 13.8 Å². The highest BCUT2D eigenvalue weighted by Gasteiger charge is 2.21. The SMILES string of the molecule is Cc1noc(NS(=O)(=O)c2ccc(NC(=O)COc3ccc(Br)cc3C(C)(C)C)cc2)c1C. The third kappa shape index (κ3) is 6.14. The van der Waals surface area contributed by atoms with E-state index >= 15 is 0 Å². The number of benzene rings is 2. The smallest absolute Gasteiger partial charge is 0.264 e. The van der Waals surface area contributed by atoms with Crippen LogP contribution >= 0.6 is 15.9 Å². The summed E-state index contributed by atoms with van der Waals surface area (Å²) in [6.45, 7) is 9.45. The number of aromatic nitrogens is 1. The number of nitrogens with zero attached hydrogens (tertiary/aromatic N) is 1. The average Bonchev–Trinajstić information content (AvgIpc) is 3.04. The molecule has 0 spiro atoms. The summed E-state index contributed by atoms with van der Waals surface area (Å²) in [6.07, 6.45) is 0. The highest BCUT2D eigenvalue weighted by atomic mass is 79.9. The number of nitrogens with one attached hydrogen (secondary N) is 2. The Morgan fingerprint density at radius 3 is 2.36 bits per heavy atom. The van der Waals surface area contributed by atoms with Gasteiger partial charge in [-0.05, 0) is 61.7 Å². The van der Waals surface area contributed by atoms with Gasteiger partial charge in [0.05, 0.1) is 10.6 Å². The van der Waals surface area contributed by atoms with Crippen molar-refractivity contribution in [2.24, 2.45) is 0 Å². The molecule has 0 bridgehead atoms. The maximum absolute atomic E-state index is 12.6. The standard InChI is InChI=1S/C23H26BrN3O5S/c1-14-15(2)26-32-22(14)27-33(29,30)18-9-7-17(8-10-18)25-21(28)13-31-20-11-6-16(24)12-19(20)23(3,4)5/h6-12,27H,13H2,1-5H3,(H,25,28). The number of aryl methyl sites for hydroxylation is 1. The Bertz CT molecular complexity index is 1260. The lowest BCUT2D eigenvalue weighted by atomic mass is 9.86. The summed E-state index contributed by atoms with van der Waals surface area (Å²) in [6, 6.07) is 11.4. The van der Waals surface area contributed by atoms with Gasteiger partial charge in [-0.2, -0.15) is 0 Å². The number of rotatable bonds is 7. The Labute approximate surface area is 201 Å². The van der Waals surface area contributed by atoms with E-state index in [2.05, 4.69) is 51.9 Å². The van der Waals surface area contributed by atoms with Gasteiger partial charge in [0.2, 0.25) is 5.88 Å². The molecule has 0 aliphatic rings. The van der Waals surface area contributed by atoms with Crippen LogP contribution in [0.25, 0.3) is 0 Å². The van der Waals surface area contributed by atoms with Crippen molar-refractivity contribution in [1.29, 1.82) is 0 Å². The first-order valence-corrected chi connectivity index (χ1v) is 12.4. The number of halogens is 1. The molecule has 10 heteroatoms. The van der Waals surface area contributed by atoms with E-state index < -0.39 is 10.0 Å². The van der Waals surface area contributed by atoms with Crippen LogP contribution in [0.1, 0.15) is 37.6 Å². The summed E-state index contributed by atoms with van der Waals surface area (Å²) in [5.74, 6) is 0.343. The van der Waals surface area contributed by atoms with Crippen LogP contribution in [0, 0.1) is 13.8 Å². The molecule has 0 radical (unpaired) electrons. The minimum Gasteiger partial charge on any atom is -0.483 e. The Balaban J connectivity index is 1.63. The van der Waals surface area contributed by atoms with Crippen LogP contribution in [0.3, 0.4) is 0 Å². The van der Waals surface area contributed by atoms with E-state index in [0.717, 1.165) is 10.0 Å². The van der Waals surface area contributed by atoms with Gasteiger partial charge in [-0.25, -0.2) is 13.1 Å². The van der Waals surface area contributed by atoms with Crippen LogP contribution in [0.4, 0.5) is 11.6 Å². The Hall–Kier alpha value is -2.85. The van der Waals surface area contributed by atoms with Gasteiger partial charge in [0, 0.05) is 21.3 Å². The van der Waals surface area contributed by atoms with E-state index in [9.17, 15) is 13.2 Å². The first kappa shape index (κ1) is 24.8. The number of amides is 1. The van der Waals surface area contributed by atoms with Gasteiger partial charge in [0.15, 0.2) is 6.61 Å². The molecule has 2 aromatic carbocycles. The lowest BCUT2D eigenvalue weighted by molar-refractivity contribution is -0.118. The van der Waals surface area contributed by atoms with E-state index in [1.165, 1.54) is 24.3 Å². The second kappa shape index (κ2) is 9.56. The van der Waals surface area contributed by atoms with Crippen LogP contribution in [0.5, 0.6) is 5.75 Å². The molecule has 33 heavy (non-hydrogen) atoms. The minimum atomic E-state index is -3.86. The third-order valence-electron chi connectivity index (χ3n) is 4.94. The molecule has 0 aliphatic carbocycles. The van der Waals surface area contributed by atoms with Crippen LogP contribution < -0.4 is 14.8 Å². The zero-order valence-corrected chi connectivity index (χ0v) is 21.4. The predicted molar refractivity (Wildman–Crippen MR) is 130 cm³/mol. The van der Waals surface area contributed by atoms with Gasteiger partial charge >= 0.3 is 0 Å². The van der Waals surface area contributed by atoms with Crippen LogP contribution in [-0.2, 0) is 20.2 Å². The number of hydrogen-bond acceptors (Lipinski definition) is 6. The van der Waals surface area contributed by atoms with E-state index in [1.807, 2.05) is 18.2 Å². The van der Waals surface area contributed by atoms with Gasteiger partial charge < -0.3 is 14.6 Å². The van der Waals surface area contributed by atoms with Crippen LogP contribution in [0.2, 0.25) is 0 Å². The summed E-state index contributed by atoms with van der Waals surface area (Å²) in [7, 11) is -3.86. The normalized spacial score (nSPS) is 11.8. The maximum Gasteiger partial charge on any atom is 0.264 e. The van der Waals surface area contributed by atoms with Crippen molar-refractivity contribution in [3.8, 4) is 5.75 Å². The zero-order chi connectivity index (χ0) is 24.4. The molecule has 1 aromatic heterocycles. The molecule has 0 fully saturated rings. The molecule has 1 heterocycles. The Morgan fingerprint density at radius 2 is 1.79 bits per heavy atom. The fraction of sp³-hybridized carbons (Fsp3) is 0.304. The predicted octanol–water partition coefficient (Wildman–Crippen LogP) is 5.17. The van der Waals surface area contributed by atoms with Gasteiger partial charge in [-0.1, -0.05) is 41.9 Å². The summed E-state index contributed by atoms with van der Waals surface area (Å²) in [5, 5.41) is 6.45. The number of ether oxygens (including phenoxy) is 1. The molecule has 0 unspecified atom stereocenters. The van der Waals surface area contributed by atoms with Gasteiger partial charge in [-0.15, -0.1) is 0 Å². The van der Waals surface area contributed by atoms with E-state index in [4.69, 9.17) is 9.26 Å². The van der Waals surface area contributed by atoms with Crippen LogP contribution in [-0.4, -0.2) is 26.1 Å². The van der Waals surface area contributed by atoms with E-state index in [0.29, 0.717) is 22.7 Å². The molecule has 3 aromatic rings. The summed E-state index contributed by atoms with van der Waals surface area (Å²) < 4.78 is 39.2.